The fourth-order valence-corrected chi connectivity index (χ4v) is 3.09. The highest BCUT2D eigenvalue weighted by Gasteiger charge is 2.18. The van der Waals surface area contributed by atoms with E-state index < -0.39 is 6.10 Å². The Morgan fingerprint density at radius 3 is 2.89 bits per heavy atom. The number of aliphatic hydroxyl groups is 1. The molecule has 3 rings (SSSR count). The lowest BCUT2D eigenvalue weighted by atomic mass is 9.98. The van der Waals surface area contributed by atoms with Crippen molar-refractivity contribution >= 4 is 21.6 Å². The fraction of sp³-hybridized carbons (Fsp3) is 0.250. The molecule has 1 atom stereocenters. The third-order valence-corrected chi connectivity index (χ3v) is 4.05. The minimum atomic E-state index is -0.463. The monoisotopic (exact) mass is 317 g/mol. The van der Waals surface area contributed by atoms with E-state index >= 15 is 0 Å². The molecule has 2 N–H and O–H groups in total. The number of para-hydroxylation sites is 1. The van der Waals surface area contributed by atoms with Gasteiger partial charge in [0.05, 0.1) is 6.10 Å². The van der Waals surface area contributed by atoms with Gasteiger partial charge in [-0.3, -0.25) is 0 Å². The lowest BCUT2D eigenvalue weighted by Crippen LogP contribution is -2.05. The van der Waals surface area contributed by atoms with Crippen LogP contribution in [-0.4, -0.2) is 11.7 Å². The van der Waals surface area contributed by atoms with E-state index in [1.54, 1.807) is 0 Å². The van der Waals surface area contributed by atoms with Crippen LogP contribution in [0.4, 0.5) is 5.69 Å². The van der Waals surface area contributed by atoms with Gasteiger partial charge in [0.25, 0.3) is 0 Å². The second-order valence-corrected chi connectivity index (χ2v) is 5.82. The molecule has 98 valence electrons. The van der Waals surface area contributed by atoms with Crippen LogP contribution in [0.1, 0.15) is 22.8 Å². The van der Waals surface area contributed by atoms with Gasteiger partial charge in [-0.15, -0.1) is 0 Å². The maximum atomic E-state index is 10.5. The molecule has 1 aliphatic heterocycles. The van der Waals surface area contributed by atoms with Crippen LogP contribution in [-0.2, 0) is 12.8 Å². The average molecular weight is 318 g/mol. The number of anilines is 1. The molecule has 1 unspecified atom stereocenters. The van der Waals surface area contributed by atoms with Crippen molar-refractivity contribution in [2.75, 3.05) is 11.9 Å². The molecule has 0 saturated heterocycles. The summed E-state index contributed by atoms with van der Waals surface area (Å²) in [6, 6.07) is 14.3. The van der Waals surface area contributed by atoms with Crippen molar-refractivity contribution < 1.29 is 5.11 Å². The topological polar surface area (TPSA) is 32.3 Å². The maximum Gasteiger partial charge on any atom is 0.0850 e. The minimum absolute atomic E-state index is 0.463. The first-order chi connectivity index (χ1) is 9.24. The van der Waals surface area contributed by atoms with Crippen molar-refractivity contribution in [3.8, 4) is 0 Å². The zero-order chi connectivity index (χ0) is 13.2. The molecule has 1 heterocycles. The van der Waals surface area contributed by atoms with E-state index in [4.69, 9.17) is 0 Å². The summed E-state index contributed by atoms with van der Waals surface area (Å²) in [4.78, 5) is 0. The quantitative estimate of drug-likeness (QED) is 0.904. The van der Waals surface area contributed by atoms with Gasteiger partial charge >= 0.3 is 0 Å². The summed E-state index contributed by atoms with van der Waals surface area (Å²) in [6.07, 6.45) is 1.22. The number of hydrogen-bond donors (Lipinski definition) is 2. The van der Waals surface area contributed by atoms with Crippen LogP contribution in [0.25, 0.3) is 0 Å². The van der Waals surface area contributed by atoms with E-state index in [0.29, 0.717) is 6.42 Å². The summed E-state index contributed by atoms with van der Waals surface area (Å²) in [5.41, 5.74) is 4.59. The van der Waals surface area contributed by atoms with Gasteiger partial charge < -0.3 is 10.4 Å². The number of aliphatic hydroxyl groups excluding tert-OH is 1. The van der Waals surface area contributed by atoms with Crippen LogP contribution < -0.4 is 5.32 Å². The summed E-state index contributed by atoms with van der Waals surface area (Å²) in [7, 11) is 0. The number of fused-ring (bicyclic) bond motifs is 1. The molecule has 3 heteroatoms. The predicted molar refractivity (Wildman–Crippen MR) is 81.4 cm³/mol. The molecule has 0 amide bonds. The molecular weight excluding hydrogens is 302 g/mol. The molecule has 0 radical (unpaired) electrons. The molecule has 1 aliphatic rings. The Morgan fingerprint density at radius 2 is 2.05 bits per heavy atom. The van der Waals surface area contributed by atoms with E-state index in [-0.39, 0.29) is 0 Å². The molecule has 19 heavy (non-hydrogen) atoms. The van der Waals surface area contributed by atoms with Crippen molar-refractivity contribution in [3.63, 3.8) is 0 Å². The van der Waals surface area contributed by atoms with E-state index in [0.717, 1.165) is 34.3 Å². The molecule has 2 nitrogen and oxygen atoms in total. The SMILES string of the molecule is OC(Cc1cccc(Br)c1)c1cccc2c1NCC2. The van der Waals surface area contributed by atoms with Crippen molar-refractivity contribution in [3.05, 3.63) is 63.6 Å². The van der Waals surface area contributed by atoms with Crippen molar-refractivity contribution in [1.82, 2.24) is 0 Å². The van der Waals surface area contributed by atoms with Crippen molar-refractivity contribution in [1.29, 1.82) is 0 Å². The van der Waals surface area contributed by atoms with Crippen molar-refractivity contribution in [2.45, 2.75) is 18.9 Å². The summed E-state index contributed by atoms with van der Waals surface area (Å²) < 4.78 is 1.05. The Hall–Kier alpha value is -1.32. The first kappa shape index (κ1) is 12.7. The van der Waals surface area contributed by atoms with E-state index in [1.807, 2.05) is 30.3 Å². The van der Waals surface area contributed by atoms with Gasteiger partial charge in [-0.2, -0.15) is 0 Å². The highest BCUT2D eigenvalue weighted by atomic mass is 79.9. The largest absolute Gasteiger partial charge is 0.388 e. The van der Waals surface area contributed by atoms with Gasteiger partial charge in [0, 0.05) is 28.7 Å². The molecule has 0 saturated carbocycles. The number of benzene rings is 2. The smallest absolute Gasteiger partial charge is 0.0850 e. The Labute approximate surface area is 121 Å². The maximum absolute atomic E-state index is 10.5. The van der Waals surface area contributed by atoms with Crippen LogP contribution in [0.3, 0.4) is 0 Å². The zero-order valence-electron chi connectivity index (χ0n) is 10.6. The van der Waals surface area contributed by atoms with Crippen LogP contribution in [0.2, 0.25) is 0 Å². The van der Waals surface area contributed by atoms with Crippen LogP contribution >= 0.6 is 15.9 Å². The van der Waals surface area contributed by atoms with Gasteiger partial charge in [-0.05, 0) is 29.7 Å². The van der Waals surface area contributed by atoms with Crippen molar-refractivity contribution in [2.24, 2.45) is 0 Å². The first-order valence-electron chi connectivity index (χ1n) is 6.52. The molecular formula is C16H16BrNO. The van der Waals surface area contributed by atoms with Crippen LogP contribution in [0.15, 0.2) is 46.9 Å². The number of nitrogens with one attached hydrogen (secondary N) is 1. The predicted octanol–water partition coefficient (Wildman–Crippen LogP) is 3.69. The molecule has 2 aromatic carbocycles. The van der Waals surface area contributed by atoms with Gasteiger partial charge in [0.15, 0.2) is 0 Å². The highest BCUT2D eigenvalue weighted by molar-refractivity contribution is 9.10. The van der Waals surface area contributed by atoms with Gasteiger partial charge in [0.1, 0.15) is 0 Å². The van der Waals surface area contributed by atoms with Gasteiger partial charge in [-0.25, -0.2) is 0 Å². The van der Waals surface area contributed by atoms with Crippen LogP contribution in [0.5, 0.6) is 0 Å². The molecule has 0 spiro atoms. The Bertz CT molecular complexity index is 597. The summed E-state index contributed by atoms with van der Waals surface area (Å²) in [6.45, 7) is 0.968. The van der Waals surface area contributed by atoms with E-state index in [1.165, 1.54) is 5.56 Å². The second kappa shape index (κ2) is 5.35. The average Bonchev–Trinajstić information content (AvgIpc) is 2.86. The number of rotatable bonds is 3. The third-order valence-electron chi connectivity index (χ3n) is 3.56. The summed E-state index contributed by atoms with van der Waals surface area (Å²) in [5, 5.41) is 13.9. The molecule has 0 fully saturated rings. The molecule has 0 aromatic heterocycles. The summed E-state index contributed by atoms with van der Waals surface area (Å²) >= 11 is 3.46. The normalized spacial score (nSPS) is 14.8. The Kier molecular flexibility index (Phi) is 3.58. The van der Waals surface area contributed by atoms with Gasteiger partial charge in [-0.1, -0.05) is 46.3 Å². The molecule has 2 aromatic rings. The third kappa shape index (κ3) is 2.67. The molecule has 0 bridgehead atoms. The van der Waals surface area contributed by atoms with Crippen LogP contribution in [0, 0.1) is 0 Å². The zero-order valence-corrected chi connectivity index (χ0v) is 12.2. The van der Waals surface area contributed by atoms with E-state index in [9.17, 15) is 5.11 Å². The second-order valence-electron chi connectivity index (χ2n) is 4.91. The lowest BCUT2D eigenvalue weighted by molar-refractivity contribution is 0.179. The number of halogens is 1. The number of hydrogen-bond acceptors (Lipinski definition) is 2. The fourth-order valence-electron chi connectivity index (χ4n) is 2.64. The highest BCUT2D eigenvalue weighted by Crippen LogP contribution is 2.32. The minimum Gasteiger partial charge on any atom is -0.388 e. The molecule has 0 aliphatic carbocycles. The van der Waals surface area contributed by atoms with Gasteiger partial charge in [0.2, 0.25) is 0 Å². The Morgan fingerprint density at radius 1 is 1.21 bits per heavy atom. The first-order valence-corrected chi connectivity index (χ1v) is 7.31. The summed E-state index contributed by atoms with van der Waals surface area (Å²) in [5.74, 6) is 0. The van der Waals surface area contributed by atoms with E-state index in [2.05, 4.69) is 33.4 Å². The lowest BCUT2D eigenvalue weighted by Gasteiger charge is -2.15. The Balaban J connectivity index is 1.85. The standard InChI is InChI=1S/C16H16BrNO/c17-13-5-1-3-11(9-13)10-15(19)14-6-2-4-12-7-8-18-16(12)14/h1-6,9,15,18-19H,7-8,10H2.